The van der Waals surface area contributed by atoms with Crippen LogP contribution in [-0.2, 0) is 0 Å². The molecule has 1 aromatic carbocycles. The molecule has 1 heterocycles. The Bertz CT molecular complexity index is 654. The van der Waals surface area contributed by atoms with Gasteiger partial charge in [0.25, 0.3) is 0 Å². The molecular weight excluding hydrogens is 304 g/mol. The van der Waals surface area contributed by atoms with Crippen molar-refractivity contribution in [2.24, 2.45) is 5.92 Å². The summed E-state index contributed by atoms with van der Waals surface area (Å²) in [5.74, 6) is 0.177. The summed E-state index contributed by atoms with van der Waals surface area (Å²) in [6.07, 6.45) is 7.35. The van der Waals surface area contributed by atoms with Gasteiger partial charge in [-0.25, -0.2) is 9.48 Å². The van der Waals surface area contributed by atoms with Gasteiger partial charge in [-0.05, 0) is 43.2 Å². The Morgan fingerprint density at radius 2 is 2.08 bits per heavy atom. The van der Waals surface area contributed by atoms with Gasteiger partial charge < -0.3 is 15.3 Å². The van der Waals surface area contributed by atoms with Gasteiger partial charge in [-0.3, -0.25) is 0 Å². The van der Waals surface area contributed by atoms with Crippen LogP contribution in [0.1, 0.15) is 25.7 Å². The van der Waals surface area contributed by atoms with E-state index in [-0.39, 0.29) is 18.1 Å². The number of benzene rings is 1. The predicted molar refractivity (Wildman–Crippen MR) is 93.2 cm³/mol. The number of hydrogen-bond donors (Lipinski definition) is 2. The average Bonchev–Trinajstić information content (AvgIpc) is 3.12. The maximum atomic E-state index is 12.3. The smallest absolute Gasteiger partial charge is 0.321 e. The zero-order chi connectivity index (χ0) is 16.9. The van der Waals surface area contributed by atoms with Crippen molar-refractivity contribution in [1.82, 2.24) is 14.7 Å². The van der Waals surface area contributed by atoms with Gasteiger partial charge in [0.2, 0.25) is 0 Å². The quantitative estimate of drug-likeness (QED) is 0.906. The van der Waals surface area contributed by atoms with E-state index in [0.717, 1.165) is 37.1 Å². The van der Waals surface area contributed by atoms with E-state index >= 15 is 0 Å². The minimum Gasteiger partial charge on any atom is -0.393 e. The molecule has 1 aliphatic rings. The van der Waals surface area contributed by atoms with Gasteiger partial charge in [-0.2, -0.15) is 5.10 Å². The van der Waals surface area contributed by atoms with Gasteiger partial charge in [0, 0.05) is 37.6 Å². The van der Waals surface area contributed by atoms with Crippen molar-refractivity contribution in [3.05, 3.63) is 42.7 Å². The molecule has 0 radical (unpaired) electrons. The van der Waals surface area contributed by atoms with Gasteiger partial charge in [-0.15, -0.1) is 0 Å². The number of amides is 2. The lowest BCUT2D eigenvalue weighted by Crippen LogP contribution is -2.40. The molecular formula is C18H24N4O2. The molecule has 1 fully saturated rings. The summed E-state index contributed by atoms with van der Waals surface area (Å²) in [5.41, 5.74) is 1.68. The molecule has 2 unspecified atom stereocenters. The Balaban J connectivity index is 1.55. The van der Waals surface area contributed by atoms with E-state index in [4.69, 9.17) is 0 Å². The Kier molecular flexibility index (Phi) is 5.15. The number of aromatic nitrogens is 2. The van der Waals surface area contributed by atoms with Crippen molar-refractivity contribution in [2.45, 2.75) is 31.8 Å². The minimum atomic E-state index is -0.289. The number of hydrogen-bond acceptors (Lipinski definition) is 3. The highest BCUT2D eigenvalue weighted by Gasteiger charge is 2.25. The fourth-order valence-electron chi connectivity index (χ4n) is 3.17. The third kappa shape index (κ3) is 3.94. The third-order valence-electron chi connectivity index (χ3n) is 4.61. The van der Waals surface area contributed by atoms with Crippen LogP contribution in [0.2, 0.25) is 0 Å². The molecule has 1 aromatic heterocycles. The van der Waals surface area contributed by atoms with E-state index in [1.54, 1.807) is 22.8 Å². The van der Waals surface area contributed by atoms with Crippen LogP contribution in [0.3, 0.4) is 0 Å². The van der Waals surface area contributed by atoms with Crippen LogP contribution >= 0.6 is 0 Å². The van der Waals surface area contributed by atoms with Crippen molar-refractivity contribution in [3.8, 4) is 5.69 Å². The summed E-state index contributed by atoms with van der Waals surface area (Å²) in [6.45, 7) is 0.582. The highest BCUT2D eigenvalue weighted by molar-refractivity contribution is 5.89. The van der Waals surface area contributed by atoms with Crippen LogP contribution < -0.4 is 5.32 Å². The number of aliphatic hydroxyl groups is 1. The van der Waals surface area contributed by atoms with E-state index in [0.29, 0.717) is 6.54 Å². The summed E-state index contributed by atoms with van der Waals surface area (Å²) in [5, 5.41) is 17.1. The van der Waals surface area contributed by atoms with Crippen LogP contribution in [0.15, 0.2) is 42.7 Å². The molecule has 6 heteroatoms. The summed E-state index contributed by atoms with van der Waals surface area (Å²) < 4.78 is 1.77. The van der Waals surface area contributed by atoms with Crippen molar-refractivity contribution < 1.29 is 9.90 Å². The summed E-state index contributed by atoms with van der Waals surface area (Å²) in [6, 6.07) is 9.25. The largest absolute Gasteiger partial charge is 0.393 e. The van der Waals surface area contributed by atoms with Crippen LogP contribution in [0.5, 0.6) is 0 Å². The zero-order valence-corrected chi connectivity index (χ0v) is 13.9. The lowest BCUT2D eigenvalue weighted by molar-refractivity contribution is 0.0575. The molecule has 1 aliphatic carbocycles. The number of nitrogens with one attached hydrogen (secondary N) is 1. The zero-order valence-electron chi connectivity index (χ0n) is 13.9. The molecule has 0 spiro atoms. The number of rotatable bonds is 4. The van der Waals surface area contributed by atoms with Gasteiger partial charge in [0.15, 0.2) is 0 Å². The second-order valence-electron chi connectivity index (χ2n) is 6.42. The minimum absolute atomic E-state index is 0.153. The van der Waals surface area contributed by atoms with Gasteiger partial charge in [-0.1, -0.05) is 12.8 Å². The lowest BCUT2D eigenvalue weighted by atomic mass is 9.86. The van der Waals surface area contributed by atoms with Crippen LogP contribution in [-0.4, -0.2) is 45.5 Å². The highest BCUT2D eigenvalue weighted by atomic mass is 16.3. The van der Waals surface area contributed by atoms with E-state index in [2.05, 4.69) is 10.4 Å². The van der Waals surface area contributed by atoms with Gasteiger partial charge in [0.05, 0.1) is 11.8 Å². The molecule has 1 saturated carbocycles. The first-order valence-corrected chi connectivity index (χ1v) is 8.44. The van der Waals surface area contributed by atoms with E-state index < -0.39 is 0 Å². The van der Waals surface area contributed by atoms with Crippen molar-refractivity contribution in [3.63, 3.8) is 0 Å². The van der Waals surface area contributed by atoms with Crippen LogP contribution in [0.25, 0.3) is 5.69 Å². The molecule has 6 nitrogen and oxygen atoms in total. The van der Waals surface area contributed by atoms with Gasteiger partial charge in [0.1, 0.15) is 0 Å². The number of nitrogens with zero attached hydrogens (tertiary/aromatic N) is 3. The lowest BCUT2D eigenvalue weighted by Gasteiger charge is -2.31. The molecule has 3 rings (SSSR count). The monoisotopic (exact) mass is 328 g/mol. The maximum absolute atomic E-state index is 12.3. The van der Waals surface area contributed by atoms with Crippen molar-refractivity contribution >= 4 is 11.7 Å². The fourth-order valence-corrected chi connectivity index (χ4v) is 3.17. The summed E-state index contributed by atoms with van der Waals surface area (Å²) in [7, 11) is 1.77. The Morgan fingerprint density at radius 3 is 2.75 bits per heavy atom. The molecule has 2 aromatic rings. The topological polar surface area (TPSA) is 70.4 Å². The van der Waals surface area contributed by atoms with Crippen molar-refractivity contribution in [1.29, 1.82) is 0 Å². The number of anilines is 1. The van der Waals surface area contributed by atoms with Crippen LogP contribution in [0.4, 0.5) is 10.5 Å². The van der Waals surface area contributed by atoms with Crippen molar-refractivity contribution in [2.75, 3.05) is 18.9 Å². The molecule has 0 aliphatic heterocycles. The van der Waals surface area contributed by atoms with E-state index in [1.165, 1.54) is 0 Å². The van der Waals surface area contributed by atoms with E-state index in [1.807, 2.05) is 36.5 Å². The van der Waals surface area contributed by atoms with E-state index in [9.17, 15) is 9.90 Å². The molecule has 128 valence electrons. The SMILES string of the molecule is CN(CC1CCCCC1O)C(=O)Nc1ccc(-n2cccn2)cc1. The maximum Gasteiger partial charge on any atom is 0.321 e. The molecule has 0 saturated heterocycles. The molecule has 2 amide bonds. The third-order valence-corrected chi connectivity index (χ3v) is 4.61. The van der Waals surface area contributed by atoms with Crippen LogP contribution in [0, 0.1) is 5.92 Å². The summed E-state index contributed by atoms with van der Waals surface area (Å²) in [4.78, 5) is 14.0. The summed E-state index contributed by atoms with van der Waals surface area (Å²) >= 11 is 0. The standard InChI is InChI=1S/C18H24N4O2/c1-21(13-14-5-2-3-6-17(14)23)18(24)20-15-7-9-16(10-8-15)22-12-4-11-19-22/h4,7-12,14,17,23H,2-3,5-6,13H2,1H3,(H,20,24). The predicted octanol–water partition coefficient (Wildman–Crippen LogP) is 2.89. The Hall–Kier alpha value is -2.34. The molecule has 0 bridgehead atoms. The molecule has 2 atom stereocenters. The second kappa shape index (κ2) is 7.49. The average molecular weight is 328 g/mol. The normalized spacial score (nSPS) is 20.6. The first-order chi connectivity index (χ1) is 11.6. The number of carbonyl (C=O) groups excluding carboxylic acids is 1. The first-order valence-electron chi connectivity index (χ1n) is 8.44. The Morgan fingerprint density at radius 1 is 1.33 bits per heavy atom. The number of aliphatic hydroxyl groups excluding tert-OH is 1. The molecule has 2 N–H and O–H groups in total. The molecule has 24 heavy (non-hydrogen) atoms. The number of urea groups is 1. The highest BCUT2D eigenvalue weighted by Crippen LogP contribution is 2.25. The second-order valence-corrected chi connectivity index (χ2v) is 6.42. The Labute approximate surface area is 142 Å². The fraction of sp³-hybridized carbons (Fsp3) is 0.444. The van der Waals surface area contributed by atoms with Gasteiger partial charge >= 0.3 is 6.03 Å². The number of carbonyl (C=O) groups is 1. The first kappa shape index (κ1) is 16.5.